The van der Waals surface area contributed by atoms with Crippen molar-refractivity contribution >= 4 is 27.5 Å². The molecular weight excluding hydrogens is 304 g/mol. The first-order valence-corrected chi connectivity index (χ1v) is 8.63. The van der Waals surface area contributed by atoms with Crippen LogP contribution >= 0.6 is 0 Å². The van der Waals surface area contributed by atoms with Crippen LogP contribution in [0.5, 0.6) is 5.75 Å². The Balaban J connectivity index is 2.27. The molecule has 0 aromatic heterocycles. The van der Waals surface area contributed by atoms with E-state index in [2.05, 4.69) is 10.5 Å². The summed E-state index contributed by atoms with van der Waals surface area (Å²) < 4.78 is 28.4. The first-order valence-electron chi connectivity index (χ1n) is 6.74. The van der Waals surface area contributed by atoms with Crippen molar-refractivity contribution in [3.8, 4) is 5.75 Å². The summed E-state index contributed by atoms with van der Waals surface area (Å²) in [5, 5.41) is 4.01. The number of hydrazone groups is 1. The zero-order valence-electron chi connectivity index (χ0n) is 12.7. The summed E-state index contributed by atoms with van der Waals surface area (Å²) in [5.41, 5.74) is 4.00. The number of allylic oxidation sites excluding steroid dienone is 1. The van der Waals surface area contributed by atoms with E-state index in [-0.39, 0.29) is 16.7 Å². The third kappa shape index (κ3) is 3.73. The van der Waals surface area contributed by atoms with Crippen molar-refractivity contribution in [1.82, 2.24) is 5.43 Å². The van der Waals surface area contributed by atoms with Crippen LogP contribution in [0.2, 0.25) is 0 Å². The molecule has 0 fully saturated rings. The highest BCUT2D eigenvalue weighted by molar-refractivity contribution is 7.90. The number of nitrogens with one attached hydrogen (secondary N) is 1. The summed E-state index contributed by atoms with van der Waals surface area (Å²) in [6.45, 7) is 1.93. The van der Waals surface area contributed by atoms with Crippen molar-refractivity contribution in [2.75, 3.05) is 13.4 Å². The summed E-state index contributed by atoms with van der Waals surface area (Å²) in [6, 6.07) is 4.86. The summed E-state index contributed by atoms with van der Waals surface area (Å²) in [7, 11) is -1.90. The van der Waals surface area contributed by atoms with Gasteiger partial charge in [0.05, 0.1) is 12.8 Å². The molecule has 1 aromatic carbocycles. The lowest BCUT2D eigenvalue weighted by atomic mass is 9.99. The van der Waals surface area contributed by atoms with Gasteiger partial charge < -0.3 is 4.74 Å². The molecule has 0 spiro atoms. The monoisotopic (exact) mass is 322 g/mol. The van der Waals surface area contributed by atoms with Crippen molar-refractivity contribution in [3.63, 3.8) is 0 Å². The fourth-order valence-electron chi connectivity index (χ4n) is 2.14. The molecule has 6 nitrogen and oxygen atoms in total. The van der Waals surface area contributed by atoms with Gasteiger partial charge in [-0.15, -0.1) is 0 Å². The third-order valence-electron chi connectivity index (χ3n) is 3.34. The van der Waals surface area contributed by atoms with Gasteiger partial charge in [0.15, 0.2) is 9.84 Å². The minimum absolute atomic E-state index is 0.0437. The van der Waals surface area contributed by atoms with Gasteiger partial charge in [-0.05, 0) is 23.8 Å². The lowest BCUT2D eigenvalue weighted by molar-refractivity contribution is -0.121. The molecule has 0 bridgehead atoms. The van der Waals surface area contributed by atoms with E-state index in [1.165, 1.54) is 13.2 Å². The van der Waals surface area contributed by atoms with E-state index in [1.54, 1.807) is 24.3 Å². The SMILES string of the molecule is COc1cc(C=CC2=NNC(=O)CC2C)ccc1S(C)(=O)=O. The molecule has 1 atom stereocenters. The van der Waals surface area contributed by atoms with Gasteiger partial charge in [0.25, 0.3) is 0 Å². The van der Waals surface area contributed by atoms with Crippen molar-refractivity contribution < 1.29 is 17.9 Å². The van der Waals surface area contributed by atoms with Gasteiger partial charge in [0.1, 0.15) is 10.6 Å². The van der Waals surface area contributed by atoms with Crippen LogP contribution in [0.25, 0.3) is 6.08 Å². The molecule has 1 amide bonds. The van der Waals surface area contributed by atoms with Crippen molar-refractivity contribution in [2.24, 2.45) is 11.0 Å². The smallest absolute Gasteiger partial charge is 0.240 e. The number of benzene rings is 1. The Morgan fingerprint density at radius 2 is 2.09 bits per heavy atom. The van der Waals surface area contributed by atoms with Gasteiger partial charge in [-0.25, -0.2) is 13.8 Å². The van der Waals surface area contributed by atoms with Gasteiger partial charge in [-0.3, -0.25) is 4.79 Å². The molecule has 0 saturated heterocycles. The molecule has 1 heterocycles. The lowest BCUT2D eigenvalue weighted by Crippen LogP contribution is -2.30. The molecule has 118 valence electrons. The maximum absolute atomic E-state index is 11.6. The first-order chi connectivity index (χ1) is 10.3. The second-order valence-electron chi connectivity index (χ2n) is 5.19. The fraction of sp³-hybridized carbons (Fsp3) is 0.333. The van der Waals surface area contributed by atoms with Gasteiger partial charge in [0.2, 0.25) is 5.91 Å². The van der Waals surface area contributed by atoms with Crippen LogP contribution in [0, 0.1) is 5.92 Å². The maximum Gasteiger partial charge on any atom is 0.240 e. The van der Waals surface area contributed by atoms with Crippen LogP contribution in [0.3, 0.4) is 0 Å². The van der Waals surface area contributed by atoms with E-state index in [4.69, 9.17) is 4.74 Å². The van der Waals surface area contributed by atoms with Crippen LogP contribution in [-0.4, -0.2) is 33.4 Å². The van der Waals surface area contributed by atoms with E-state index in [9.17, 15) is 13.2 Å². The van der Waals surface area contributed by atoms with Crippen LogP contribution < -0.4 is 10.2 Å². The number of carbonyl (C=O) groups excluding carboxylic acids is 1. The Labute approximate surface area is 129 Å². The lowest BCUT2D eigenvalue weighted by Gasteiger charge is -2.16. The zero-order valence-corrected chi connectivity index (χ0v) is 13.5. The Kier molecular flexibility index (Phi) is 4.65. The fourth-order valence-corrected chi connectivity index (χ4v) is 2.97. The molecule has 1 unspecified atom stereocenters. The van der Waals surface area contributed by atoms with Crippen molar-refractivity contribution in [3.05, 3.63) is 29.8 Å². The molecule has 7 heteroatoms. The highest BCUT2D eigenvalue weighted by atomic mass is 32.2. The number of methoxy groups -OCH3 is 1. The van der Waals surface area contributed by atoms with E-state index in [1.807, 2.05) is 6.92 Å². The van der Waals surface area contributed by atoms with Crippen LogP contribution in [0.15, 0.2) is 34.3 Å². The molecule has 1 aliphatic rings. The molecular formula is C15H18N2O4S. The quantitative estimate of drug-likeness (QED) is 0.913. The number of amides is 1. The Bertz CT molecular complexity index is 751. The molecule has 0 aliphatic carbocycles. The van der Waals surface area contributed by atoms with Crippen LogP contribution in [-0.2, 0) is 14.6 Å². The standard InChI is InChI=1S/C15H18N2O4S/c1-10-8-15(18)17-16-12(10)6-4-11-5-7-14(22(3,19)20)13(9-11)21-2/h4-7,9-10H,8H2,1-3H3,(H,17,18). The van der Waals surface area contributed by atoms with E-state index in [0.29, 0.717) is 12.2 Å². The van der Waals surface area contributed by atoms with Crippen LogP contribution in [0.4, 0.5) is 0 Å². The predicted molar refractivity (Wildman–Crippen MR) is 84.5 cm³/mol. The Morgan fingerprint density at radius 3 is 2.68 bits per heavy atom. The molecule has 1 N–H and O–H groups in total. The van der Waals surface area contributed by atoms with Gasteiger partial charge >= 0.3 is 0 Å². The maximum atomic E-state index is 11.6. The number of hydrogen-bond donors (Lipinski definition) is 1. The van der Waals surface area contributed by atoms with Crippen molar-refractivity contribution in [2.45, 2.75) is 18.2 Å². The minimum Gasteiger partial charge on any atom is -0.495 e. The normalized spacial score (nSPS) is 19.0. The van der Waals surface area contributed by atoms with E-state index in [0.717, 1.165) is 17.5 Å². The number of rotatable bonds is 4. The van der Waals surface area contributed by atoms with Gasteiger partial charge in [-0.1, -0.05) is 19.1 Å². The molecule has 1 aromatic rings. The Hall–Kier alpha value is -2.15. The number of carbonyl (C=O) groups is 1. The van der Waals surface area contributed by atoms with Gasteiger partial charge in [-0.2, -0.15) is 5.10 Å². The second kappa shape index (κ2) is 6.31. The summed E-state index contributed by atoms with van der Waals surface area (Å²) in [6.07, 6.45) is 5.15. The third-order valence-corrected chi connectivity index (χ3v) is 4.48. The zero-order chi connectivity index (χ0) is 16.3. The molecule has 1 aliphatic heterocycles. The topological polar surface area (TPSA) is 84.8 Å². The number of ether oxygens (including phenoxy) is 1. The Morgan fingerprint density at radius 1 is 1.36 bits per heavy atom. The van der Waals surface area contributed by atoms with Gasteiger partial charge in [0, 0.05) is 18.6 Å². The largest absolute Gasteiger partial charge is 0.495 e. The summed E-state index contributed by atoms with van der Waals surface area (Å²) in [4.78, 5) is 11.3. The number of hydrogen-bond acceptors (Lipinski definition) is 5. The number of nitrogens with zero attached hydrogens (tertiary/aromatic N) is 1. The van der Waals surface area contributed by atoms with Crippen molar-refractivity contribution in [1.29, 1.82) is 0 Å². The summed E-state index contributed by atoms with van der Waals surface area (Å²) >= 11 is 0. The van der Waals surface area contributed by atoms with Crippen LogP contribution in [0.1, 0.15) is 18.9 Å². The molecule has 0 saturated carbocycles. The first kappa shape index (κ1) is 16.2. The second-order valence-corrected chi connectivity index (χ2v) is 7.18. The molecule has 0 radical (unpaired) electrons. The highest BCUT2D eigenvalue weighted by Gasteiger charge is 2.18. The average Bonchev–Trinajstić information content (AvgIpc) is 2.45. The highest BCUT2D eigenvalue weighted by Crippen LogP contribution is 2.25. The molecule has 2 rings (SSSR count). The van der Waals surface area contributed by atoms with E-state index >= 15 is 0 Å². The summed E-state index contributed by atoms with van der Waals surface area (Å²) in [5.74, 6) is 0.252. The van der Waals surface area contributed by atoms with E-state index < -0.39 is 9.84 Å². The predicted octanol–water partition coefficient (Wildman–Crippen LogP) is 1.62. The average molecular weight is 322 g/mol. The number of sulfone groups is 1. The minimum atomic E-state index is -3.33. The molecule has 22 heavy (non-hydrogen) atoms.